The Balaban J connectivity index is 1.43. The lowest BCUT2D eigenvalue weighted by atomic mass is 9.89. The molecule has 0 aromatic heterocycles. The smallest absolute Gasteiger partial charge is 0.142 e. The second-order valence-electron chi connectivity index (χ2n) is 6.49. The maximum atomic E-state index is 13.4. The molecule has 2 N–H and O–H groups in total. The van der Waals surface area contributed by atoms with Gasteiger partial charge in [0, 0.05) is 18.6 Å². The number of halogens is 2. The van der Waals surface area contributed by atoms with Crippen LogP contribution in [0, 0.1) is 5.82 Å². The average molecular weight is 327 g/mol. The second-order valence-corrected chi connectivity index (χ2v) is 6.90. The number of rotatable bonds is 5. The van der Waals surface area contributed by atoms with Crippen LogP contribution in [0.25, 0.3) is 0 Å². The van der Waals surface area contributed by atoms with E-state index in [-0.39, 0.29) is 5.02 Å². The van der Waals surface area contributed by atoms with Crippen molar-refractivity contribution in [1.29, 1.82) is 0 Å². The Morgan fingerprint density at radius 2 is 2.00 bits per heavy atom. The molecule has 2 aliphatic rings. The predicted octanol–water partition coefficient (Wildman–Crippen LogP) is 3.12. The molecule has 1 aromatic carbocycles. The summed E-state index contributed by atoms with van der Waals surface area (Å²) < 4.78 is 13.4. The van der Waals surface area contributed by atoms with Crippen molar-refractivity contribution in [3.8, 4) is 0 Å². The highest BCUT2D eigenvalue weighted by molar-refractivity contribution is 6.30. The highest BCUT2D eigenvalue weighted by Gasteiger charge is 2.28. The third-order valence-corrected chi connectivity index (χ3v) is 5.36. The van der Waals surface area contributed by atoms with E-state index in [0.717, 1.165) is 32.0 Å². The normalized spacial score (nSPS) is 22.5. The number of nitrogens with one attached hydrogen (secondary N) is 1. The molecular weight excluding hydrogens is 303 g/mol. The quantitative estimate of drug-likeness (QED) is 0.872. The number of benzene rings is 1. The number of aliphatic hydroxyl groups excluding tert-OH is 1. The lowest BCUT2D eigenvalue weighted by molar-refractivity contribution is 0.0876. The molecule has 1 aliphatic carbocycles. The Morgan fingerprint density at radius 3 is 2.59 bits per heavy atom. The van der Waals surface area contributed by atoms with Crippen LogP contribution in [0.5, 0.6) is 0 Å². The molecule has 1 unspecified atom stereocenters. The Bertz CT molecular complexity index is 501. The molecule has 2 fully saturated rings. The lowest BCUT2D eigenvalue weighted by Gasteiger charge is -2.42. The molecule has 22 heavy (non-hydrogen) atoms. The van der Waals surface area contributed by atoms with Gasteiger partial charge in [-0.2, -0.15) is 0 Å². The molecule has 0 bridgehead atoms. The van der Waals surface area contributed by atoms with E-state index in [1.807, 2.05) is 0 Å². The van der Waals surface area contributed by atoms with E-state index in [9.17, 15) is 9.50 Å². The van der Waals surface area contributed by atoms with Crippen LogP contribution in [0.3, 0.4) is 0 Å². The van der Waals surface area contributed by atoms with Crippen molar-refractivity contribution >= 4 is 11.6 Å². The fourth-order valence-electron chi connectivity index (χ4n) is 3.34. The van der Waals surface area contributed by atoms with Crippen LogP contribution in [0.1, 0.15) is 43.8 Å². The number of hydrogen-bond donors (Lipinski definition) is 2. The van der Waals surface area contributed by atoms with Crippen molar-refractivity contribution in [2.45, 2.75) is 50.3 Å². The van der Waals surface area contributed by atoms with Gasteiger partial charge in [-0.3, -0.25) is 0 Å². The number of nitrogens with zero attached hydrogens (tertiary/aromatic N) is 1. The molecule has 0 radical (unpaired) electrons. The molecule has 3 rings (SSSR count). The summed E-state index contributed by atoms with van der Waals surface area (Å²) >= 11 is 5.66. The van der Waals surface area contributed by atoms with Gasteiger partial charge in [0.05, 0.1) is 11.1 Å². The van der Waals surface area contributed by atoms with Gasteiger partial charge in [0.2, 0.25) is 0 Å². The van der Waals surface area contributed by atoms with Crippen molar-refractivity contribution in [2.24, 2.45) is 0 Å². The second kappa shape index (κ2) is 7.26. The number of likely N-dealkylation sites (tertiary alicyclic amines) is 1. The first-order valence-electron chi connectivity index (χ1n) is 8.24. The first-order valence-corrected chi connectivity index (χ1v) is 8.61. The molecule has 1 saturated carbocycles. The predicted molar refractivity (Wildman–Crippen MR) is 86.6 cm³/mol. The van der Waals surface area contributed by atoms with E-state index in [1.165, 1.54) is 31.4 Å². The first kappa shape index (κ1) is 16.2. The molecule has 122 valence electrons. The molecule has 0 amide bonds. The number of piperidine rings is 1. The zero-order valence-electron chi connectivity index (χ0n) is 12.8. The molecule has 0 spiro atoms. The first-order chi connectivity index (χ1) is 10.6. The van der Waals surface area contributed by atoms with Gasteiger partial charge < -0.3 is 15.3 Å². The van der Waals surface area contributed by atoms with E-state index in [4.69, 9.17) is 11.6 Å². The minimum atomic E-state index is -0.698. The Hall–Kier alpha value is -0.680. The van der Waals surface area contributed by atoms with E-state index in [2.05, 4.69) is 10.2 Å². The van der Waals surface area contributed by atoms with Gasteiger partial charge in [-0.15, -0.1) is 0 Å². The van der Waals surface area contributed by atoms with Gasteiger partial charge in [0.1, 0.15) is 5.82 Å². The summed E-state index contributed by atoms with van der Waals surface area (Å²) in [5.74, 6) is -0.480. The van der Waals surface area contributed by atoms with Crippen LogP contribution in [0.15, 0.2) is 18.2 Å². The fraction of sp³-hybridized carbons (Fsp3) is 0.647. The lowest BCUT2D eigenvalue weighted by Crippen LogP contribution is -2.49. The zero-order valence-corrected chi connectivity index (χ0v) is 13.5. The summed E-state index contributed by atoms with van der Waals surface area (Å²) in [5.41, 5.74) is 0.571. The monoisotopic (exact) mass is 326 g/mol. The molecule has 1 aliphatic heterocycles. The van der Waals surface area contributed by atoms with Crippen molar-refractivity contribution in [1.82, 2.24) is 10.2 Å². The third-order valence-electron chi connectivity index (χ3n) is 5.05. The van der Waals surface area contributed by atoms with Crippen LogP contribution >= 0.6 is 11.6 Å². The van der Waals surface area contributed by atoms with Crippen LogP contribution < -0.4 is 5.32 Å². The minimum Gasteiger partial charge on any atom is -0.387 e. The SMILES string of the molecule is OC(CNC1CCN(C2CCC2)CC1)c1ccc(Cl)c(F)c1. The molecule has 1 aromatic rings. The number of hydrogen-bond acceptors (Lipinski definition) is 3. The fourth-order valence-corrected chi connectivity index (χ4v) is 3.45. The third kappa shape index (κ3) is 3.80. The van der Waals surface area contributed by atoms with Gasteiger partial charge in [0.15, 0.2) is 0 Å². The largest absolute Gasteiger partial charge is 0.387 e. The standard InChI is InChI=1S/C17H24ClFN2O/c18-15-5-4-12(10-16(15)19)17(22)11-20-13-6-8-21(9-7-13)14-2-1-3-14/h4-5,10,13-14,17,20,22H,1-3,6-9,11H2. The molecule has 3 nitrogen and oxygen atoms in total. The van der Waals surface area contributed by atoms with Crippen molar-refractivity contribution in [2.75, 3.05) is 19.6 Å². The Kier molecular flexibility index (Phi) is 5.34. The van der Waals surface area contributed by atoms with Crippen LogP contribution in [0.2, 0.25) is 5.02 Å². The van der Waals surface area contributed by atoms with Gasteiger partial charge in [-0.05, 0) is 56.5 Å². The van der Waals surface area contributed by atoms with Crippen LogP contribution in [0.4, 0.5) is 4.39 Å². The topological polar surface area (TPSA) is 35.5 Å². The van der Waals surface area contributed by atoms with Crippen LogP contribution in [-0.4, -0.2) is 41.7 Å². The molecule has 1 saturated heterocycles. The summed E-state index contributed by atoms with van der Waals surface area (Å²) in [4.78, 5) is 2.60. The van der Waals surface area contributed by atoms with E-state index < -0.39 is 11.9 Å². The summed E-state index contributed by atoms with van der Waals surface area (Å²) in [6.45, 7) is 2.75. The van der Waals surface area contributed by atoms with Gasteiger partial charge in [-0.25, -0.2) is 4.39 Å². The van der Waals surface area contributed by atoms with Gasteiger partial charge in [-0.1, -0.05) is 24.1 Å². The Morgan fingerprint density at radius 1 is 1.27 bits per heavy atom. The van der Waals surface area contributed by atoms with E-state index in [0.29, 0.717) is 18.2 Å². The highest BCUT2D eigenvalue weighted by atomic mass is 35.5. The molecular formula is C17H24ClFN2O. The van der Waals surface area contributed by atoms with E-state index in [1.54, 1.807) is 6.07 Å². The zero-order chi connectivity index (χ0) is 15.5. The van der Waals surface area contributed by atoms with E-state index >= 15 is 0 Å². The average Bonchev–Trinajstić information content (AvgIpc) is 2.47. The van der Waals surface area contributed by atoms with Crippen molar-refractivity contribution in [3.05, 3.63) is 34.6 Å². The summed E-state index contributed by atoms with van der Waals surface area (Å²) in [6, 6.07) is 5.75. The summed E-state index contributed by atoms with van der Waals surface area (Å²) in [6.07, 6.45) is 5.65. The summed E-state index contributed by atoms with van der Waals surface area (Å²) in [7, 11) is 0. The maximum absolute atomic E-state index is 13.4. The highest BCUT2D eigenvalue weighted by Crippen LogP contribution is 2.27. The summed E-state index contributed by atoms with van der Waals surface area (Å²) in [5, 5.41) is 13.7. The maximum Gasteiger partial charge on any atom is 0.142 e. The van der Waals surface area contributed by atoms with Crippen molar-refractivity contribution in [3.63, 3.8) is 0 Å². The van der Waals surface area contributed by atoms with Crippen molar-refractivity contribution < 1.29 is 9.50 Å². The van der Waals surface area contributed by atoms with Crippen LogP contribution in [-0.2, 0) is 0 Å². The number of aliphatic hydroxyl groups is 1. The molecule has 1 heterocycles. The van der Waals surface area contributed by atoms with Gasteiger partial charge in [0.25, 0.3) is 0 Å². The Labute approximate surface area is 136 Å². The minimum absolute atomic E-state index is 0.0901. The molecule has 1 atom stereocenters. The van der Waals surface area contributed by atoms with Gasteiger partial charge >= 0.3 is 0 Å². The molecule has 5 heteroatoms.